The van der Waals surface area contributed by atoms with Crippen molar-refractivity contribution in [2.45, 2.75) is 0 Å². The summed E-state index contributed by atoms with van der Waals surface area (Å²) >= 11 is 0. The van der Waals surface area contributed by atoms with Crippen LogP contribution in [0.2, 0.25) is 0 Å². The summed E-state index contributed by atoms with van der Waals surface area (Å²) in [6.45, 7) is 0. The molecule has 0 spiro atoms. The average Bonchev–Trinajstić information content (AvgIpc) is 0. The van der Waals surface area contributed by atoms with E-state index in [-0.39, 0.29) is 93.4 Å². The standard InChI is InChI=1S/Fe.3Li.2P/q+3;3*+1;2*-3. The molecule has 0 aliphatic rings. The Kier molecular flexibility index (Phi) is 424. The van der Waals surface area contributed by atoms with E-state index >= 15 is 0 Å². The van der Waals surface area contributed by atoms with E-state index in [0.717, 1.165) is 0 Å². The topological polar surface area (TPSA) is 0 Å². The van der Waals surface area contributed by atoms with Gasteiger partial charge in [0.1, 0.15) is 0 Å². The van der Waals surface area contributed by atoms with Crippen LogP contribution < -0.4 is 56.6 Å². The molecule has 0 atom stereocenters. The summed E-state index contributed by atoms with van der Waals surface area (Å²) in [6, 6.07) is 0. The first-order chi connectivity index (χ1) is 0. The van der Waals surface area contributed by atoms with Gasteiger partial charge in [0, 0.05) is 0 Å². The fourth-order valence-corrected chi connectivity index (χ4v) is 0. The molecule has 0 N–H and O–H groups in total. The summed E-state index contributed by atoms with van der Waals surface area (Å²) in [6.07, 6.45) is 0. The Bertz CT molecular complexity index is 8.75. The van der Waals surface area contributed by atoms with Gasteiger partial charge in [-0.2, -0.15) is 0 Å². The van der Waals surface area contributed by atoms with Crippen molar-refractivity contribution in [3.8, 4) is 0 Å². The maximum atomic E-state index is 0. The largest absolute Gasteiger partial charge is 3.00 e. The molecule has 0 saturated carbocycles. The predicted octanol–water partition coefficient (Wildman–Crippen LogP) is -7.27. The Hall–Kier alpha value is 3.17. The molecule has 0 nitrogen and oxygen atoms in total. The summed E-state index contributed by atoms with van der Waals surface area (Å²) in [7, 11) is 0. The first kappa shape index (κ1) is 60.9. The van der Waals surface area contributed by atoms with Gasteiger partial charge in [0.05, 0.1) is 0 Å². The van der Waals surface area contributed by atoms with Crippen LogP contribution in [0.5, 0.6) is 0 Å². The van der Waals surface area contributed by atoms with Gasteiger partial charge in [-0.25, -0.2) is 0 Å². The van der Waals surface area contributed by atoms with Crippen LogP contribution in [0, 0.1) is 0 Å². The molecule has 1 radical (unpaired) electrons. The zero-order valence-electron chi connectivity index (χ0n) is 4.25. The molecular formula is FeLi3P2. The molecule has 0 aliphatic heterocycles. The van der Waals surface area contributed by atoms with Crippen LogP contribution >= 0.6 is 19.8 Å². The van der Waals surface area contributed by atoms with Crippen LogP contribution in [0.25, 0.3) is 0 Å². The minimum absolute atomic E-state index is 0. The van der Waals surface area contributed by atoms with Crippen LogP contribution in [0.1, 0.15) is 0 Å². The molecule has 0 aromatic rings. The van der Waals surface area contributed by atoms with Crippen molar-refractivity contribution in [1.29, 1.82) is 0 Å². The van der Waals surface area contributed by atoms with Gasteiger partial charge in [0.15, 0.2) is 0 Å². The van der Waals surface area contributed by atoms with Crippen LogP contribution in [0.15, 0.2) is 0 Å². The Labute approximate surface area is 92.4 Å². The predicted molar refractivity (Wildman–Crippen MR) is 13.8 cm³/mol. The Morgan fingerprint density at radius 3 is 0.500 bits per heavy atom. The van der Waals surface area contributed by atoms with Crippen molar-refractivity contribution in [1.82, 2.24) is 0 Å². The van der Waals surface area contributed by atoms with Crippen molar-refractivity contribution >= 4 is 19.8 Å². The maximum Gasteiger partial charge on any atom is 3.00 e. The molecule has 0 rings (SSSR count). The summed E-state index contributed by atoms with van der Waals surface area (Å²) in [5.74, 6) is 0. The smallest absolute Gasteiger partial charge is 3.00 e. The van der Waals surface area contributed by atoms with Gasteiger partial charge in [-0.05, 0) is 0 Å². The Morgan fingerprint density at radius 2 is 0.500 bits per heavy atom. The number of hydrogen-bond acceptors (Lipinski definition) is 0. The molecule has 0 saturated heterocycles. The van der Waals surface area contributed by atoms with Crippen LogP contribution in [0.3, 0.4) is 0 Å². The van der Waals surface area contributed by atoms with E-state index in [9.17, 15) is 0 Å². The van der Waals surface area contributed by atoms with Crippen molar-refractivity contribution in [2.75, 3.05) is 0 Å². The Balaban J connectivity index is 0. The first-order valence-electron chi connectivity index (χ1n) is 0. The van der Waals surface area contributed by atoms with Crippen LogP contribution in [0.4, 0.5) is 0 Å². The van der Waals surface area contributed by atoms with Gasteiger partial charge in [-0.1, -0.05) is 0 Å². The summed E-state index contributed by atoms with van der Waals surface area (Å²) in [5, 5.41) is 0. The molecule has 0 unspecified atom stereocenters. The van der Waals surface area contributed by atoms with E-state index in [2.05, 4.69) is 0 Å². The van der Waals surface area contributed by atoms with E-state index in [1.54, 1.807) is 0 Å². The van der Waals surface area contributed by atoms with Crippen molar-refractivity contribution in [3.63, 3.8) is 0 Å². The number of rotatable bonds is 0. The minimum atomic E-state index is 0. The van der Waals surface area contributed by atoms with E-state index in [4.69, 9.17) is 0 Å². The van der Waals surface area contributed by atoms with Gasteiger partial charge in [-0.3, -0.25) is 0 Å². The van der Waals surface area contributed by atoms with Gasteiger partial charge in [-0.15, -0.1) is 0 Å². The fourth-order valence-electron chi connectivity index (χ4n) is 0. The van der Waals surface area contributed by atoms with Crippen molar-refractivity contribution < 1.29 is 73.7 Å². The molecular weight excluding hydrogens is 139 g/mol. The quantitative estimate of drug-likeness (QED) is 0.231. The molecule has 0 amide bonds. The Morgan fingerprint density at radius 1 is 0.500 bits per heavy atom. The number of hydrogen-bond donors (Lipinski definition) is 0. The first-order valence-corrected chi connectivity index (χ1v) is 0. The van der Waals surface area contributed by atoms with Crippen LogP contribution in [-0.4, -0.2) is 0 Å². The second kappa shape index (κ2) is 41.8. The summed E-state index contributed by atoms with van der Waals surface area (Å²) in [5.41, 5.74) is 0. The monoisotopic (exact) mass is 139 g/mol. The van der Waals surface area contributed by atoms with Gasteiger partial charge in [0.25, 0.3) is 0 Å². The third-order valence-corrected chi connectivity index (χ3v) is 0. The zero-order chi connectivity index (χ0) is 0. The molecule has 0 fully saturated rings. The molecule has 0 aromatic carbocycles. The minimum Gasteiger partial charge on any atom is -3.00 e. The molecule has 0 heterocycles. The van der Waals surface area contributed by atoms with Gasteiger partial charge in [0.2, 0.25) is 0 Å². The van der Waals surface area contributed by atoms with Gasteiger partial charge >= 0.3 is 73.7 Å². The molecule has 6 heteroatoms. The molecule has 0 aliphatic carbocycles. The van der Waals surface area contributed by atoms with E-state index in [1.165, 1.54) is 0 Å². The fraction of sp³-hybridized carbons (Fsp3) is 0. The van der Waals surface area contributed by atoms with Crippen molar-refractivity contribution in [2.24, 2.45) is 0 Å². The zero-order valence-corrected chi connectivity index (χ0v) is 7.14. The normalized spacial score (nSPS) is 0. The maximum absolute atomic E-state index is 0. The van der Waals surface area contributed by atoms with Gasteiger partial charge < -0.3 is 19.8 Å². The third-order valence-electron chi connectivity index (χ3n) is 0. The second-order valence-corrected chi connectivity index (χ2v) is 0. The van der Waals surface area contributed by atoms with E-state index in [0.29, 0.717) is 0 Å². The van der Waals surface area contributed by atoms with E-state index < -0.39 is 0 Å². The molecule has 0 bridgehead atoms. The average molecular weight is 139 g/mol. The van der Waals surface area contributed by atoms with Crippen LogP contribution in [-0.2, 0) is 17.1 Å². The summed E-state index contributed by atoms with van der Waals surface area (Å²) in [4.78, 5) is 0. The summed E-state index contributed by atoms with van der Waals surface area (Å²) < 4.78 is 0. The second-order valence-electron chi connectivity index (χ2n) is 0. The SMILES string of the molecule is [Fe+3].[Li+].[Li+].[Li+].[P-3].[P-3]. The molecule has 21 valence electrons. The molecule has 0 aromatic heterocycles. The van der Waals surface area contributed by atoms with Crippen molar-refractivity contribution in [3.05, 3.63) is 0 Å². The molecule has 6 heavy (non-hydrogen) atoms. The van der Waals surface area contributed by atoms with E-state index in [1.807, 2.05) is 0 Å². The third kappa shape index (κ3) is 27.2.